The fourth-order valence-corrected chi connectivity index (χ4v) is 4.84. The number of anilines is 2. The number of nitrogens with two attached hydrogens (primary N) is 1. The van der Waals surface area contributed by atoms with Gasteiger partial charge in [-0.3, -0.25) is 0 Å². The molecule has 0 saturated carbocycles. The van der Waals surface area contributed by atoms with Crippen molar-refractivity contribution in [1.29, 1.82) is 5.26 Å². The molecule has 0 bridgehead atoms. The number of aromatic nitrogens is 3. The summed E-state index contributed by atoms with van der Waals surface area (Å²) in [5.74, 6) is 0.756. The molecule has 0 aromatic carbocycles. The number of sulfone groups is 1. The van der Waals surface area contributed by atoms with Gasteiger partial charge in [0.1, 0.15) is 27.2 Å². The van der Waals surface area contributed by atoms with E-state index in [2.05, 4.69) is 10.2 Å². The van der Waals surface area contributed by atoms with Crippen LogP contribution in [0.1, 0.15) is 10.7 Å². The Morgan fingerprint density at radius 2 is 2.24 bits per heavy atom. The van der Waals surface area contributed by atoms with E-state index < -0.39 is 9.84 Å². The highest BCUT2D eigenvalue weighted by molar-refractivity contribution is 7.91. The largest absolute Gasteiger partial charge is 0.396 e. The summed E-state index contributed by atoms with van der Waals surface area (Å²) >= 11 is 1.10. The van der Waals surface area contributed by atoms with E-state index in [4.69, 9.17) is 11.0 Å². The van der Waals surface area contributed by atoms with Gasteiger partial charge in [0.05, 0.1) is 12.2 Å². The minimum absolute atomic E-state index is 0.0343. The number of thiophene rings is 1. The summed E-state index contributed by atoms with van der Waals surface area (Å²) in [5, 5.41) is 17.4. The highest BCUT2D eigenvalue weighted by atomic mass is 32.2. The summed E-state index contributed by atoms with van der Waals surface area (Å²) < 4.78 is 25.9. The molecule has 2 aromatic rings. The lowest BCUT2D eigenvalue weighted by molar-refractivity contribution is 0.559. The number of hydrogen-bond acceptors (Lipinski definition) is 8. The van der Waals surface area contributed by atoms with E-state index in [0.717, 1.165) is 23.4 Å². The molecule has 0 unspecified atom stereocenters. The molecule has 3 rings (SSSR count). The molecule has 8 nitrogen and oxygen atoms in total. The van der Waals surface area contributed by atoms with E-state index in [1.54, 1.807) is 6.33 Å². The molecule has 0 amide bonds. The summed E-state index contributed by atoms with van der Waals surface area (Å²) in [6.07, 6.45) is 2.75. The highest BCUT2D eigenvalue weighted by Crippen LogP contribution is 2.42. The summed E-state index contributed by atoms with van der Waals surface area (Å²) in [7, 11) is -3.52. The number of nitriles is 1. The van der Waals surface area contributed by atoms with Crippen molar-refractivity contribution in [2.24, 2.45) is 0 Å². The van der Waals surface area contributed by atoms with Crippen LogP contribution in [0.2, 0.25) is 0 Å². The molecule has 2 N–H and O–H groups in total. The van der Waals surface area contributed by atoms with Crippen LogP contribution >= 0.6 is 11.3 Å². The van der Waals surface area contributed by atoms with Gasteiger partial charge in [-0.15, -0.1) is 21.5 Å². The van der Waals surface area contributed by atoms with Crippen LogP contribution in [0.15, 0.2) is 11.2 Å². The third-order valence-corrected chi connectivity index (χ3v) is 5.74. The van der Waals surface area contributed by atoms with Crippen molar-refractivity contribution in [2.45, 2.75) is 18.0 Å². The Morgan fingerprint density at radius 3 is 2.90 bits per heavy atom. The fourth-order valence-electron chi connectivity index (χ4n) is 2.31. The molecule has 0 radical (unpaired) electrons. The topological polar surface area (TPSA) is 118 Å². The molecule has 10 heteroatoms. The predicted molar refractivity (Wildman–Crippen MR) is 77.6 cm³/mol. The maximum absolute atomic E-state index is 12.0. The van der Waals surface area contributed by atoms with Gasteiger partial charge in [0.25, 0.3) is 0 Å². The van der Waals surface area contributed by atoms with E-state index >= 15 is 0 Å². The van der Waals surface area contributed by atoms with Crippen LogP contribution in [-0.2, 0) is 22.9 Å². The molecule has 1 aliphatic heterocycles. The minimum atomic E-state index is -3.52. The molecule has 0 spiro atoms. The zero-order valence-corrected chi connectivity index (χ0v) is 12.8. The van der Waals surface area contributed by atoms with Crippen LogP contribution in [0, 0.1) is 11.3 Å². The van der Waals surface area contributed by atoms with Crippen molar-refractivity contribution in [3.63, 3.8) is 0 Å². The molecule has 0 atom stereocenters. The molecule has 0 fully saturated rings. The van der Waals surface area contributed by atoms with E-state index in [-0.39, 0.29) is 15.5 Å². The molecular weight excluding hydrogens is 312 g/mol. The van der Waals surface area contributed by atoms with Gasteiger partial charge in [0.15, 0.2) is 15.7 Å². The van der Waals surface area contributed by atoms with Gasteiger partial charge in [-0.25, -0.2) is 8.42 Å². The number of hydrogen-bond donors (Lipinski definition) is 1. The lowest BCUT2D eigenvalue weighted by Gasteiger charge is -2.28. The first kappa shape index (κ1) is 13.8. The molecule has 110 valence electrons. The van der Waals surface area contributed by atoms with Crippen molar-refractivity contribution in [3.05, 3.63) is 17.0 Å². The summed E-state index contributed by atoms with van der Waals surface area (Å²) in [6.45, 7) is 1.71. The van der Waals surface area contributed by atoms with Crippen molar-refractivity contribution in [1.82, 2.24) is 14.8 Å². The SMILES string of the molecule is CS(=O)(=O)c1c(N2CCn3cnnc3C2)sc(C#N)c1N. The van der Waals surface area contributed by atoms with Crippen LogP contribution in [0.3, 0.4) is 0 Å². The first-order chi connectivity index (χ1) is 9.91. The number of nitrogens with zero attached hydrogens (tertiary/aromatic N) is 5. The van der Waals surface area contributed by atoms with Gasteiger partial charge < -0.3 is 15.2 Å². The summed E-state index contributed by atoms with van der Waals surface area (Å²) in [5.41, 5.74) is 5.87. The molecule has 0 aliphatic carbocycles. The zero-order chi connectivity index (χ0) is 15.2. The molecule has 0 saturated heterocycles. The quantitative estimate of drug-likeness (QED) is 0.839. The Hall–Kier alpha value is -2.12. The van der Waals surface area contributed by atoms with Gasteiger partial charge in [0.2, 0.25) is 0 Å². The summed E-state index contributed by atoms with van der Waals surface area (Å²) in [4.78, 5) is 2.14. The van der Waals surface area contributed by atoms with Crippen LogP contribution in [0.5, 0.6) is 0 Å². The van der Waals surface area contributed by atoms with Gasteiger partial charge >= 0.3 is 0 Å². The predicted octanol–water partition coefficient (Wildman–Crippen LogP) is 0.217. The molecule has 1 aliphatic rings. The minimum Gasteiger partial charge on any atom is -0.396 e. The average molecular weight is 324 g/mol. The first-order valence-electron chi connectivity index (χ1n) is 6.06. The summed E-state index contributed by atoms with van der Waals surface area (Å²) in [6, 6.07) is 1.95. The third-order valence-electron chi connectivity index (χ3n) is 3.28. The second-order valence-corrected chi connectivity index (χ2v) is 7.68. The van der Waals surface area contributed by atoms with Gasteiger partial charge in [0, 0.05) is 19.3 Å². The van der Waals surface area contributed by atoms with E-state index in [9.17, 15) is 8.42 Å². The smallest absolute Gasteiger partial charge is 0.180 e. The molecule has 2 aromatic heterocycles. The van der Waals surface area contributed by atoms with Crippen LogP contribution < -0.4 is 10.6 Å². The molecular formula is C11H12N6O2S2. The maximum atomic E-state index is 12.0. The van der Waals surface area contributed by atoms with E-state index in [1.807, 2.05) is 15.5 Å². The van der Waals surface area contributed by atoms with Crippen LogP contribution in [0.25, 0.3) is 0 Å². The Balaban J connectivity index is 2.10. The third kappa shape index (κ3) is 2.24. The second-order valence-electron chi connectivity index (χ2n) is 4.73. The Labute approximate surface area is 125 Å². The molecule has 21 heavy (non-hydrogen) atoms. The normalized spacial score (nSPS) is 14.8. The van der Waals surface area contributed by atoms with E-state index in [1.165, 1.54) is 0 Å². The van der Waals surface area contributed by atoms with Crippen molar-refractivity contribution < 1.29 is 8.42 Å². The van der Waals surface area contributed by atoms with Crippen molar-refractivity contribution in [2.75, 3.05) is 23.4 Å². The zero-order valence-electron chi connectivity index (χ0n) is 11.1. The van der Waals surface area contributed by atoms with Crippen molar-refractivity contribution >= 4 is 31.9 Å². The standard InChI is InChI=1S/C11H12N6O2S2/c1-21(18,19)10-9(13)7(4-12)20-11(10)16-2-3-17-6-14-15-8(17)5-16/h6H,2-3,5,13H2,1H3. The Morgan fingerprint density at radius 1 is 1.48 bits per heavy atom. The highest BCUT2D eigenvalue weighted by Gasteiger charge is 2.29. The van der Waals surface area contributed by atoms with Gasteiger partial charge in [-0.1, -0.05) is 0 Å². The van der Waals surface area contributed by atoms with Crippen LogP contribution in [0.4, 0.5) is 10.7 Å². The maximum Gasteiger partial charge on any atom is 0.180 e. The first-order valence-corrected chi connectivity index (χ1v) is 8.76. The van der Waals surface area contributed by atoms with Gasteiger partial charge in [-0.05, 0) is 0 Å². The van der Waals surface area contributed by atoms with Crippen molar-refractivity contribution in [3.8, 4) is 6.07 Å². The molecule has 3 heterocycles. The lowest BCUT2D eigenvalue weighted by Crippen LogP contribution is -2.33. The number of rotatable bonds is 2. The fraction of sp³-hybridized carbons (Fsp3) is 0.364. The Bertz CT molecular complexity index is 845. The van der Waals surface area contributed by atoms with E-state index in [0.29, 0.717) is 24.6 Å². The Kier molecular flexibility index (Phi) is 3.11. The van der Waals surface area contributed by atoms with Gasteiger partial charge in [-0.2, -0.15) is 5.26 Å². The average Bonchev–Trinajstić information content (AvgIpc) is 3.00. The number of nitrogen functional groups attached to an aromatic ring is 1. The monoisotopic (exact) mass is 324 g/mol. The number of fused-ring (bicyclic) bond motifs is 1. The lowest BCUT2D eigenvalue weighted by atomic mass is 10.3. The van der Waals surface area contributed by atoms with Crippen LogP contribution in [-0.4, -0.2) is 36.0 Å². The second kappa shape index (κ2) is 4.71.